The summed E-state index contributed by atoms with van der Waals surface area (Å²) in [5.74, 6) is 0.0291. The summed E-state index contributed by atoms with van der Waals surface area (Å²) in [6, 6.07) is 19.4. The minimum Gasteiger partial charge on any atom is -0.353 e. The van der Waals surface area contributed by atoms with E-state index in [2.05, 4.69) is 34.3 Å². The van der Waals surface area contributed by atoms with Crippen LogP contribution in [0.25, 0.3) is 0 Å². The van der Waals surface area contributed by atoms with E-state index in [-0.39, 0.29) is 11.5 Å². The lowest BCUT2D eigenvalue weighted by Crippen LogP contribution is -2.23. The van der Waals surface area contributed by atoms with Crippen molar-refractivity contribution in [1.29, 1.82) is 0 Å². The Morgan fingerprint density at radius 1 is 1.08 bits per heavy atom. The first kappa shape index (κ1) is 17.6. The van der Waals surface area contributed by atoms with Crippen LogP contribution in [0.1, 0.15) is 22.8 Å². The molecule has 0 aliphatic rings. The number of pyridine rings is 1. The number of halogens is 1. The monoisotopic (exact) mass is 349 g/mol. The molecule has 1 heterocycles. The Balaban J connectivity index is 1.68. The summed E-state index contributed by atoms with van der Waals surface area (Å²) in [6.45, 7) is 3.65. The lowest BCUT2D eigenvalue weighted by atomic mass is 10.2. The number of aromatic nitrogens is 1. The first-order valence-electron chi connectivity index (χ1n) is 8.47. The highest BCUT2D eigenvalue weighted by Crippen LogP contribution is 2.17. The molecule has 0 fully saturated rings. The first-order valence-corrected chi connectivity index (χ1v) is 8.47. The molecule has 3 aromatic rings. The van der Waals surface area contributed by atoms with Crippen LogP contribution >= 0.6 is 0 Å². The molecule has 0 saturated heterocycles. The minimum absolute atomic E-state index is 0.272. The highest BCUT2D eigenvalue weighted by atomic mass is 19.1. The van der Waals surface area contributed by atoms with Gasteiger partial charge < -0.3 is 10.2 Å². The Morgan fingerprint density at radius 3 is 2.54 bits per heavy atom. The van der Waals surface area contributed by atoms with Crippen LogP contribution in [0.3, 0.4) is 0 Å². The van der Waals surface area contributed by atoms with Gasteiger partial charge in [-0.1, -0.05) is 36.4 Å². The molecule has 0 bridgehead atoms. The Kier molecular flexibility index (Phi) is 5.59. The largest absolute Gasteiger partial charge is 0.353 e. The topological polar surface area (TPSA) is 45.2 Å². The number of anilines is 2. The SMILES string of the molecule is CCN(Cc1ccccc1)c1ccc(NC(=O)c2cccc(F)c2)cn1. The van der Waals surface area contributed by atoms with Gasteiger partial charge in [0, 0.05) is 18.7 Å². The van der Waals surface area contributed by atoms with Crippen molar-refractivity contribution >= 4 is 17.4 Å². The molecular formula is C21H20FN3O. The van der Waals surface area contributed by atoms with Gasteiger partial charge in [-0.25, -0.2) is 9.37 Å². The third-order valence-electron chi connectivity index (χ3n) is 4.01. The number of carbonyl (C=O) groups excluding carboxylic acids is 1. The van der Waals surface area contributed by atoms with Crippen LogP contribution in [-0.4, -0.2) is 17.4 Å². The molecule has 0 aliphatic heterocycles. The fraction of sp³-hybridized carbons (Fsp3) is 0.143. The fourth-order valence-corrected chi connectivity index (χ4v) is 2.64. The Hall–Kier alpha value is -3.21. The summed E-state index contributed by atoms with van der Waals surface area (Å²) < 4.78 is 13.2. The average molecular weight is 349 g/mol. The molecule has 1 aromatic heterocycles. The van der Waals surface area contributed by atoms with E-state index in [9.17, 15) is 9.18 Å². The molecule has 0 saturated carbocycles. The van der Waals surface area contributed by atoms with Crippen molar-refractivity contribution in [2.45, 2.75) is 13.5 Å². The van der Waals surface area contributed by atoms with Gasteiger partial charge in [0.05, 0.1) is 11.9 Å². The van der Waals surface area contributed by atoms with E-state index in [1.165, 1.54) is 23.8 Å². The van der Waals surface area contributed by atoms with Crippen LogP contribution in [0.5, 0.6) is 0 Å². The number of rotatable bonds is 6. The zero-order valence-corrected chi connectivity index (χ0v) is 14.5. The molecule has 2 aromatic carbocycles. The van der Waals surface area contributed by atoms with Gasteiger partial charge in [0.2, 0.25) is 0 Å². The van der Waals surface area contributed by atoms with Gasteiger partial charge in [0.25, 0.3) is 5.91 Å². The van der Waals surface area contributed by atoms with Crippen LogP contribution in [0, 0.1) is 5.82 Å². The predicted molar refractivity (Wildman–Crippen MR) is 102 cm³/mol. The molecule has 3 rings (SSSR count). The standard InChI is InChI=1S/C21H20FN3O/c1-2-25(15-16-7-4-3-5-8-16)20-12-11-19(14-23-20)24-21(26)17-9-6-10-18(22)13-17/h3-14H,2,15H2,1H3,(H,24,26). The van der Waals surface area contributed by atoms with Crippen LogP contribution < -0.4 is 10.2 Å². The third-order valence-corrected chi connectivity index (χ3v) is 4.01. The van der Waals surface area contributed by atoms with Crippen molar-refractivity contribution in [3.63, 3.8) is 0 Å². The summed E-state index contributed by atoms with van der Waals surface area (Å²) in [5.41, 5.74) is 2.05. The zero-order valence-electron chi connectivity index (χ0n) is 14.5. The number of benzene rings is 2. The van der Waals surface area contributed by atoms with Gasteiger partial charge in [-0.2, -0.15) is 0 Å². The zero-order chi connectivity index (χ0) is 18.4. The number of hydrogen-bond donors (Lipinski definition) is 1. The van der Waals surface area contributed by atoms with E-state index < -0.39 is 5.82 Å². The molecule has 132 valence electrons. The number of nitrogens with one attached hydrogen (secondary N) is 1. The van der Waals surface area contributed by atoms with Crippen LogP contribution in [0.2, 0.25) is 0 Å². The highest BCUT2D eigenvalue weighted by Gasteiger charge is 2.09. The average Bonchev–Trinajstić information content (AvgIpc) is 2.67. The number of nitrogens with zero attached hydrogens (tertiary/aromatic N) is 2. The Labute approximate surface area is 152 Å². The van der Waals surface area contributed by atoms with Gasteiger partial charge >= 0.3 is 0 Å². The lowest BCUT2D eigenvalue weighted by molar-refractivity contribution is 0.102. The van der Waals surface area contributed by atoms with E-state index >= 15 is 0 Å². The van der Waals surface area contributed by atoms with Crippen LogP contribution in [-0.2, 0) is 6.54 Å². The predicted octanol–water partition coefficient (Wildman–Crippen LogP) is 4.50. The van der Waals surface area contributed by atoms with Crippen molar-refractivity contribution in [2.24, 2.45) is 0 Å². The number of amides is 1. The molecule has 26 heavy (non-hydrogen) atoms. The van der Waals surface area contributed by atoms with Crippen LogP contribution in [0.4, 0.5) is 15.9 Å². The summed E-state index contributed by atoms with van der Waals surface area (Å²) in [4.78, 5) is 18.8. The molecule has 1 N–H and O–H groups in total. The van der Waals surface area contributed by atoms with Gasteiger partial charge in [-0.05, 0) is 42.8 Å². The van der Waals surface area contributed by atoms with Gasteiger partial charge in [-0.15, -0.1) is 0 Å². The molecule has 5 heteroatoms. The Morgan fingerprint density at radius 2 is 1.88 bits per heavy atom. The maximum atomic E-state index is 13.2. The maximum Gasteiger partial charge on any atom is 0.255 e. The summed E-state index contributed by atoms with van der Waals surface area (Å²) in [5, 5.41) is 2.73. The second-order valence-electron chi connectivity index (χ2n) is 5.87. The van der Waals surface area contributed by atoms with Gasteiger partial charge in [0.1, 0.15) is 11.6 Å². The van der Waals surface area contributed by atoms with Crippen molar-refractivity contribution in [3.05, 3.63) is 89.9 Å². The molecule has 0 radical (unpaired) electrons. The van der Waals surface area contributed by atoms with Gasteiger partial charge in [-0.3, -0.25) is 4.79 Å². The van der Waals surface area contributed by atoms with Crippen LogP contribution in [0.15, 0.2) is 72.9 Å². The van der Waals surface area contributed by atoms with Crippen molar-refractivity contribution in [3.8, 4) is 0 Å². The van der Waals surface area contributed by atoms with Crippen molar-refractivity contribution < 1.29 is 9.18 Å². The maximum absolute atomic E-state index is 13.2. The second kappa shape index (κ2) is 8.25. The molecule has 0 aliphatic carbocycles. The molecule has 1 amide bonds. The van der Waals surface area contributed by atoms with E-state index in [4.69, 9.17) is 0 Å². The summed E-state index contributed by atoms with van der Waals surface area (Å²) in [7, 11) is 0. The van der Waals surface area contributed by atoms with Crippen molar-refractivity contribution in [2.75, 3.05) is 16.8 Å². The molecular weight excluding hydrogens is 329 g/mol. The first-order chi connectivity index (χ1) is 12.7. The van der Waals surface area contributed by atoms with E-state index in [0.29, 0.717) is 5.69 Å². The van der Waals surface area contributed by atoms with E-state index in [1.807, 2.05) is 24.3 Å². The minimum atomic E-state index is -0.439. The fourth-order valence-electron chi connectivity index (χ4n) is 2.64. The normalized spacial score (nSPS) is 10.4. The second-order valence-corrected chi connectivity index (χ2v) is 5.87. The molecule has 0 unspecified atom stereocenters. The number of carbonyl (C=O) groups is 1. The van der Waals surface area contributed by atoms with E-state index in [1.54, 1.807) is 18.3 Å². The number of hydrogen-bond acceptors (Lipinski definition) is 3. The molecule has 0 spiro atoms. The smallest absolute Gasteiger partial charge is 0.255 e. The Bertz CT molecular complexity index is 866. The van der Waals surface area contributed by atoms with Crippen molar-refractivity contribution in [1.82, 2.24) is 4.98 Å². The van der Waals surface area contributed by atoms with Gasteiger partial charge in [0.15, 0.2) is 0 Å². The molecule has 0 atom stereocenters. The lowest BCUT2D eigenvalue weighted by Gasteiger charge is -2.22. The summed E-state index contributed by atoms with van der Waals surface area (Å²) in [6.07, 6.45) is 1.61. The molecule has 4 nitrogen and oxygen atoms in total. The third kappa shape index (κ3) is 4.45. The highest BCUT2D eigenvalue weighted by molar-refractivity contribution is 6.04. The quantitative estimate of drug-likeness (QED) is 0.713. The van der Waals surface area contributed by atoms with E-state index in [0.717, 1.165) is 18.9 Å². The summed E-state index contributed by atoms with van der Waals surface area (Å²) >= 11 is 0.